The smallest absolute Gasteiger partial charge is 0.172 e. The molecule has 5 aliphatic rings. The summed E-state index contributed by atoms with van der Waals surface area (Å²) in [6.45, 7) is 8.86. The summed E-state index contributed by atoms with van der Waals surface area (Å²) in [6, 6.07) is 32.9. The van der Waals surface area contributed by atoms with Gasteiger partial charge < -0.3 is 57.8 Å². The van der Waals surface area contributed by atoms with Crippen LogP contribution in [-0.2, 0) is 0 Å². The van der Waals surface area contributed by atoms with E-state index < -0.39 is 0 Å². The highest BCUT2D eigenvalue weighted by Crippen LogP contribution is 2.59. The van der Waals surface area contributed by atoms with E-state index in [0.29, 0.717) is 118 Å². The molecule has 80 heavy (non-hydrogen) atoms. The van der Waals surface area contributed by atoms with E-state index in [9.17, 15) is 0 Å². The van der Waals surface area contributed by atoms with E-state index in [-0.39, 0.29) is 23.7 Å². The zero-order valence-electron chi connectivity index (χ0n) is 43.7. The van der Waals surface area contributed by atoms with Crippen LogP contribution < -0.4 is 37.9 Å². The second-order valence-electron chi connectivity index (χ2n) is 21.2. The first-order valence-corrected chi connectivity index (χ1v) is 27.4. The van der Waals surface area contributed by atoms with Gasteiger partial charge in [-0.1, -0.05) is 27.7 Å². The van der Waals surface area contributed by atoms with Gasteiger partial charge >= 0.3 is 0 Å². The van der Waals surface area contributed by atoms with Crippen LogP contribution in [-0.4, -0.2) is 39.9 Å². The lowest BCUT2D eigenvalue weighted by atomic mass is 9.77. The van der Waals surface area contributed by atoms with E-state index in [1.807, 2.05) is 48.5 Å². The summed E-state index contributed by atoms with van der Waals surface area (Å²) in [5.41, 5.74) is 13.7. The predicted molar refractivity (Wildman–Crippen MR) is 299 cm³/mol. The third-order valence-electron chi connectivity index (χ3n) is 16.9. The zero-order valence-corrected chi connectivity index (χ0v) is 43.7. The van der Waals surface area contributed by atoms with Crippen molar-refractivity contribution in [1.29, 1.82) is 0 Å². The highest BCUT2D eigenvalue weighted by molar-refractivity contribution is 5.84. The molecule has 4 atom stereocenters. The summed E-state index contributed by atoms with van der Waals surface area (Å²) >= 11 is 0. The molecule has 4 aliphatic heterocycles. The molecule has 392 valence electrons. The minimum atomic E-state index is -0.273. The molecule has 0 fully saturated rings. The number of rotatable bonds is 4. The van der Waals surface area contributed by atoms with Gasteiger partial charge in [0.05, 0.1) is 69.4 Å². The van der Waals surface area contributed by atoms with Gasteiger partial charge in [0.15, 0.2) is 46.0 Å². The highest BCUT2D eigenvalue weighted by atomic mass is 16.5. The Balaban J connectivity index is 1.04. The Morgan fingerprint density at radius 2 is 0.438 bits per heavy atom. The molecule has 12 aromatic rings. The molecule has 8 bridgehead atoms. The molecule has 16 nitrogen and oxygen atoms in total. The van der Waals surface area contributed by atoms with Crippen molar-refractivity contribution in [2.45, 2.75) is 77.0 Å². The predicted octanol–water partition coefficient (Wildman–Crippen LogP) is 17.3. The lowest BCUT2D eigenvalue weighted by Gasteiger charge is -2.29. The van der Waals surface area contributed by atoms with Crippen LogP contribution in [0.25, 0.3) is 44.1 Å². The maximum Gasteiger partial charge on any atom is 0.172 e. The van der Waals surface area contributed by atoms with E-state index in [4.69, 9.17) is 37.9 Å². The van der Waals surface area contributed by atoms with Gasteiger partial charge in [-0.2, -0.15) is 0 Å². The number of H-pyrrole nitrogens is 4. The first kappa shape index (κ1) is 45.1. The molecule has 0 radical (unpaired) electrons. The van der Waals surface area contributed by atoms with E-state index in [1.165, 1.54) is 0 Å². The van der Waals surface area contributed by atoms with Crippen LogP contribution in [0.1, 0.15) is 122 Å². The Labute approximate surface area is 456 Å². The maximum atomic E-state index is 7.28. The van der Waals surface area contributed by atoms with E-state index in [2.05, 4.69) is 116 Å². The molecule has 4 aromatic heterocycles. The maximum absolute atomic E-state index is 7.28. The average Bonchev–Trinajstić information content (AvgIpc) is 4.39. The van der Waals surface area contributed by atoms with Crippen molar-refractivity contribution in [3.8, 4) is 92.0 Å². The monoisotopic (exact) mass is 1060 g/mol. The van der Waals surface area contributed by atoms with Gasteiger partial charge in [0, 0.05) is 141 Å². The number of nitrogens with zero attached hydrogens (tertiary/aromatic N) is 4. The minimum absolute atomic E-state index is 0.272. The molecule has 0 amide bonds. The fourth-order valence-corrected chi connectivity index (χ4v) is 13.1. The van der Waals surface area contributed by atoms with Crippen LogP contribution in [0.15, 0.2) is 122 Å². The Hall–Kier alpha value is -9.96. The van der Waals surface area contributed by atoms with Gasteiger partial charge in [-0.3, -0.25) is 0 Å². The van der Waals surface area contributed by atoms with E-state index in [1.54, 1.807) is 25.3 Å². The molecule has 4 unspecified atom stereocenters. The number of imidazole rings is 4. The highest BCUT2D eigenvalue weighted by Gasteiger charge is 2.38. The second-order valence-corrected chi connectivity index (χ2v) is 21.2. The number of hydrogen-bond donors (Lipinski definition) is 4. The van der Waals surface area contributed by atoms with E-state index in [0.717, 1.165) is 88.6 Å². The molecule has 0 saturated heterocycles. The Kier molecular flexibility index (Phi) is 9.46. The van der Waals surface area contributed by atoms with Gasteiger partial charge in [0.1, 0.15) is 46.0 Å². The van der Waals surface area contributed by atoms with Crippen LogP contribution >= 0.6 is 0 Å². The van der Waals surface area contributed by atoms with E-state index >= 15 is 0 Å². The fourth-order valence-electron chi connectivity index (χ4n) is 13.1. The van der Waals surface area contributed by atoms with Crippen molar-refractivity contribution in [1.82, 2.24) is 39.9 Å². The molecule has 0 saturated carbocycles. The summed E-state index contributed by atoms with van der Waals surface area (Å²) < 4.78 is 58.2. The zero-order chi connectivity index (χ0) is 53.1. The van der Waals surface area contributed by atoms with Crippen molar-refractivity contribution in [2.75, 3.05) is 0 Å². The first-order chi connectivity index (χ1) is 39.3. The van der Waals surface area contributed by atoms with Gasteiger partial charge in [-0.25, -0.2) is 19.9 Å². The van der Waals surface area contributed by atoms with Crippen LogP contribution in [0.3, 0.4) is 0 Å². The quantitative estimate of drug-likeness (QED) is 0.131. The molecular formula is C64H48N8O8. The molecule has 16 heteroatoms. The summed E-state index contributed by atoms with van der Waals surface area (Å²) in [4.78, 5) is 31.8. The second kappa shape index (κ2) is 16.8. The topological polar surface area (TPSA) is 189 Å². The van der Waals surface area contributed by atoms with Crippen molar-refractivity contribution < 1.29 is 37.9 Å². The lowest BCUT2D eigenvalue weighted by Crippen LogP contribution is -2.12. The molecular weight excluding hydrogens is 1010 g/mol. The van der Waals surface area contributed by atoms with Crippen LogP contribution in [0.4, 0.5) is 0 Å². The van der Waals surface area contributed by atoms with Crippen molar-refractivity contribution >= 4 is 44.1 Å². The Morgan fingerprint density at radius 1 is 0.250 bits per heavy atom. The Morgan fingerprint density at radius 3 is 0.625 bits per heavy atom. The minimum Gasteiger partial charge on any atom is -0.453 e. The molecule has 17 rings (SSSR count). The molecule has 0 spiro atoms. The number of hydrogen-bond acceptors (Lipinski definition) is 12. The van der Waals surface area contributed by atoms with Crippen LogP contribution in [0.2, 0.25) is 0 Å². The average molecular weight is 1060 g/mol. The number of fused-ring (bicyclic) bond motifs is 8. The standard InChI is InChI=1S/C64H48N8O8/c1-5-29-33-9-35-30(6-2)37-11-39-32(8-4)40-12-38-31(7-3)36-10-34(29)50-22-52(36)76-60-16-44-46(70-27-68-44)18-62(60)78-54(38)24-56(40)80-64-20-48-47(71-28-72-48)19-63(64)79-55(39)23-53(37)77-61-17-45-43(67-26-69-45)15-59(61)75-51(35)21-49(33)73-57-13-41-42(66-25-65-41)14-58(57)74-50/h9-32H,5-8H2,1-4H3,(H,65,66)(H,67,69)(H,68,70)(H,71,72). The number of benzene rings is 8. The lowest BCUT2D eigenvalue weighted by molar-refractivity contribution is 0.401. The van der Waals surface area contributed by atoms with Crippen LogP contribution in [0, 0.1) is 0 Å². The largest absolute Gasteiger partial charge is 0.453 e. The van der Waals surface area contributed by atoms with Crippen molar-refractivity contribution in [3.05, 3.63) is 167 Å². The number of nitrogens with one attached hydrogen (secondary N) is 4. The fraction of sp³-hybridized carbons (Fsp3) is 0.188. The summed E-state index contributed by atoms with van der Waals surface area (Å²) in [5.74, 6) is 7.73. The molecule has 8 heterocycles. The third-order valence-corrected chi connectivity index (χ3v) is 16.9. The van der Waals surface area contributed by atoms with Gasteiger partial charge in [0.25, 0.3) is 0 Å². The van der Waals surface area contributed by atoms with Crippen LogP contribution in [0.5, 0.6) is 92.0 Å². The van der Waals surface area contributed by atoms with Gasteiger partial charge in [0.2, 0.25) is 0 Å². The first-order valence-electron chi connectivity index (χ1n) is 27.4. The molecule has 8 aromatic carbocycles. The SMILES string of the molecule is CCC1c2cc3c4cc2Oc2cc5nc[nH]c5cc2Oc2cc5c(cc21)C(CC)c1cc2c(cc1Oc1cc6[nH]cnc6cc1O5)Oc1cc5nc[nH]c5cc1Oc1cc(c(cc1C2CC)C3CC)Oc1cc2[nH]cnc2cc1O4. The number of ether oxygens (including phenoxy) is 8. The summed E-state index contributed by atoms with van der Waals surface area (Å²) in [7, 11) is 0. The summed E-state index contributed by atoms with van der Waals surface area (Å²) in [5, 5.41) is 0. The summed E-state index contributed by atoms with van der Waals surface area (Å²) in [6.07, 6.45) is 9.42. The molecule has 4 N–H and O–H groups in total. The molecule has 1 aliphatic carbocycles. The normalized spacial score (nSPS) is 17.8. The number of aromatic nitrogens is 8. The van der Waals surface area contributed by atoms with Crippen molar-refractivity contribution in [3.63, 3.8) is 0 Å². The third kappa shape index (κ3) is 6.67. The van der Waals surface area contributed by atoms with Gasteiger partial charge in [-0.15, -0.1) is 0 Å². The van der Waals surface area contributed by atoms with Gasteiger partial charge in [-0.05, 0) is 49.9 Å². The van der Waals surface area contributed by atoms with Crippen molar-refractivity contribution in [2.24, 2.45) is 0 Å². The Bertz CT molecular complexity index is 3790. The number of aromatic amines is 4.